The summed E-state index contributed by atoms with van der Waals surface area (Å²) in [6.45, 7) is 1.37. The summed E-state index contributed by atoms with van der Waals surface area (Å²) in [5, 5.41) is 0. The number of carbonyl (C=O) groups excluding carboxylic acids is 1. The molecular weight excluding hydrogens is 308 g/mol. The van der Waals surface area contributed by atoms with Crippen LogP contribution in [0.5, 0.6) is 0 Å². The van der Waals surface area contributed by atoms with Crippen LogP contribution in [0.3, 0.4) is 0 Å². The molecule has 0 aromatic heterocycles. The lowest BCUT2D eigenvalue weighted by Gasteiger charge is -2.35. The Morgan fingerprint density at radius 3 is 2.20 bits per heavy atom. The minimum absolute atomic E-state index is 0.0267. The molecule has 1 amide bonds. The fraction of sp³-hybridized carbons (Fsp3) is 0.300. The van der Waals surface area contributed by atoms with Gasteiger partial charge in [0.15, 0.2) is 0 Å². The number of hydrogen-bond acceptors (Lipinski definition) is 5. The van der Waals surface area contributed by atoms with Crippen LogP contribution in [0.15, 0.2) is 29.2 Å². The highest BCUT2D eigenvalue weighted by atomic mass is 32.2. The van der Waals surface area contributed by atoms with Crippen molar-refractivity contribution in [2.45, 2.75) is 17.9 Å². The molecule has 1 aromatic carbocycles. The van der Waals surface area contributed by atoms with E-state index in [0.29, 0.717) is 0 Å². The van der Waals surface area contributed by atoms with Crippen LogP contribution in [0.1, 0.15) is 5.56 Å². The SMILES string of the molecule is Cc1ccc(S(=O)(=O)NC2CN(S(=O)(=O)O)C2=O)cc1. The Morgan fingerprint density at radius 2 is 1.75 bits per heavy atom. The van der Waals surface area contributed by atoms with Gasteiger partial charge >= 0.3 is 10.3 Å². The van der Waals surface area contributed by atoms with Gasteiger partial charge in [-0.1, -0.05) is 17.7 Å². The second-order valence-corrected chi connectivity index (χ2v) is 7.38. The molecule has 2 rings (SSSR count). The Hall–Kier alpha value is -1.49. The van der Waals surface area contributed by atoms with Gasteiger partial charge in [-0.25, -0.2) is 12.7 Å². The molecule has 20 heavy (non-hydrogen) atoms. The number of nitrogens with one attached hydrogen (secondary N) is 1. The van der Waals surface area contributed by atoms with Gasteiger partial charge in [0, 0.05) is 0 Å². The van der Waals surface area contributed by atoms with E-state index in [-0.39, 0.29) is 9.20 Å². The molecule has 1 unspecified atom stereocenters. The lowest BCUT2D eigenvalue weighted by molar-refractivity contribution is -0.136. The Balaban J connectivity index is 2.12. The van der Waals surface area contributed by atoms with Crippen LogP contribution in [-0.4, -0.2) is 44.2 Å². The third kappa shape index (κ3) is 2.82. The van der Waals surface area contributed by atoms with Crippen molar-refractivity contribution >= 4 is 26.2 Å². The van der Waals surface area contributed by atoms with Crippen molar-refractivity contribution in [1.29, 1.82) is 0 Å². The molecule has 110 valence electrons. The highest BCUT2D eigenvalue weighted by Gasteiger charge is 2.45. The average Bonchev–Trinajstić information content (AvgIpc) is 2.32. The predicted octanol–water partition coefficient (Wildman–Crippen LogP) is -0.713. The minimum Gasteiger partial charge on any atom is -0.272 e. The van der Waals surface area contributed by atoms with E-state index in [1.807, 2.05) is 0 Å². The van der Waals surface area contributed by atoms with E-state index in [0.717, 1.165) is 5.56 Å². The van der Waals surface area contributed by atoms with Crippen molar-refractivity contribution < 1.29 is 26.2 Å². The minimum atomic E-state index is -4.63. The summed E-state index contributed by atoms with van der Waals surface area (Å²) in [6.07, 6.45) is 0. The van der Waals surface area contributed by atoms with E-state index in [4.69, 9.17) is 4.55 Å². The number of aryl methyl sites for hydroxylation is 1. The Morgan fingerprint density at radius 1 is 1.20 bits per heavy atom. The molecule has 0 aliphatic carbocycles. The molecule has 1 aliphatic rings. The molecule has 0 bridgehead atoms. The maximum atomic E-state index is 12.0. The molecule has 1 saturated heterocycles. The molecule has 10 heteroatoms. The second kappa shape index (κ2) is 4.81. The summed E-state index contributed by atoms with van der Waals surface area (Å²) < 4.78 is 56.3. The summed E-state index contributed by atoms with van der Waals surface area (Å²) in [7, 11) is -8.54. The quantitative estimate of drug-likeness (QED) is 0.558. The standard InChI is InChI=1S/C10H12N2O6S2/c1-7-2-4-8(5-3-7)19(14,15)11-9-6-12(10(9)13)20(16,17)18/h2-5,9,11H,6H2,1H3,(H,16,17,18). The van der Waals surface area contributed by atoms with Gasteiger partial charge in [0.2, 0.25) is 10.0 Å². The Bertz CT molecular complexity index is 738. The molecule has 0 saturated carbocycles. The summed E-state index contributed by atoms with van der Waals surface area (Å²) in [5.74, 6) is -1.01. The largest absolute Gasteiger partial charge is 0.362 e. The van der Waals surface area contributed by atoms with Crippen LogP contribution in [-0.2, 0) is 25.1 Å². The van der Waals surface area contributed by atoms with Gasteiger partial charge in [-0.2, -0.15) is 13.1 Å². The third-order valence-corrected chi connectivity index (χ3v) is 5.17. The number of hydrogen-bond donors (Lipinski definition) is 2. The van der Waals surface area contributed by atoms with Crippen molar-refractivity contribution in [1.82, 2.24) is 9.03 Å². The summed E-state index contributed by atoms with van der Waals surface area (Å²) in [4.78, 5) is 11.4. The zero-order chi connectivity index (χ0) is 15.1. The van der Waals surface area contributed by atoms with Crippen molar-refractivity contribution in [3.63, 3.8) is 0 Å². The van der Waals surface area contributed by atoms with Gasteiger partial charge in [-0.15, -0.1) is 0 Å². The Kier molecular flexibility index (Phi) is 3.58. The van der Waals surface area contributed by atoms with Crippen molar-refractivity contribution in [3.8, 4) is 0 Å². The molecular formula is C10H12N2O6S2. The number of benzene rings is 1. The smallest absolute Gasteiger partial charge is 0.272 e. The fourth-order valence-corrected chi connectivity index (χ4v) is 3.54. The Labute approximate surface area is 116 Å². The zero-order valence-corrected chi connectivity index (χ0v) is 12.0. The topological polar surface area (TPSA) is 121 Å². The predicted molar refractivity (Wildman–Crippen MR) is 68.6 cm³/mol. The molecule has 1 aliphatic heterocycles. The first-order chi connectivity index (χ1) is 9.11. The number of amides is 1. The van der Waals surface area contributed by atoms with Gasteiger partial charge < -0.3 is 0 Å². The van der Waals surface area contributed by atoms with Crippen LogP contribution < -0.4 is 4.72 Å². The maximum absolute atomic E-state index is 12.0. The van der Waals surface area contributed by atoms with E-state index in [1.54, 1.807) is 19.1 Å². The van der Waals surface area contributed by atoms with Gasteiger partial charge in [-0.05, 0) is 19.1 Å². The lowest BCUT2D eigenvalue weighted by Crippen LogP contribution is -2.65. The molecule has 0 spiro atoms. The van der Waals surface area contributed by atoms with Crippen molar-refractivity contribution in [2.75, 3.05) is 6.54 Å². The average molecular weight is 320 g/mol. The first-order valence-electron chi connectivity index (χ1n) is 5.49. The highest BCUT2D eigenvalue weighted by molar-refractivity contribution is 7.89. The molecule has 2 N–H and O–H groups in total. The van der Waals surface area contributed by atoms with E-state index in [2.05, 4.69) is 4.72 Å². The van der Waals surface area contributed by atoms with Crippen LogP contribution in [0, 0.1) is 6.92 Å². The summed E-state index contributed by atoms with van der Waals surface area (Å²) in [5.41, 5.74) is 0.876. The van der Waals surface area contributed by atoms with Crippen molar-refractivity contribution in [2.24, 2.45) is 0 Å². The van der Waals surface area contributed by atoms with Crippen LogP contribution in [0.4, 0.5) is 0 Å². The number of carbonyl (C=O) groups is 1. The van der Waals surface area contributed by atoms with Gasteiger partial charge in [0.05, 0.1) is 11.4 Å². The molecule has 1 fully saturated rings. The summed E-state index contributed by atoms with van der Waals surface area (Å²) in [6, 6.07) is 4.76. The monoisotopic (exact) mass is 320 g/mol. The normalized spacial score (nSPS) is 19.8. The molecule has 1 aromatic rings. The molecule has 8 nitrogen and oxygen atoms in total. The molecule has 1 atom stereocenters. The van der Waals surface area contributed by atoms with Gasteiger partial charge in [0.1, 0.15) is 6.04 Å². The van der Waals surface area contributed by atoms with Crippen LogP contribution >= 0.6 is 0 Å². The summed E-state index contributed by atoms with van der Waals surface area (Å²) >= 11 is 0. The second-order valence-electron chi connectivity index (χ2n) is 4.33. The zero-order valence-electron chi connectivity index (χ0n) is 10.3. The van der Waals surface area contributed by atoms with E-state index in [9.17, 15) is 21.6 Å². The lowest BCUT2D eigenvalue weighted by atomic mass is 10.2. The maximum Gasteiger partial charge on any atom is 0.362 e. The molecule has 1 heterocycles. The van der Waals surface area contributed by atoms with E-state index in [1.165, 1.54) is 12.1 Å². The number of rotatable bonds is 4. The fourth-order valence-electron chi connectivity index (χ4n) is 1.66. The first kappa shape index (κ1) is 14.9. The first-order valence-corrected chi connectivity index (χ1v) is 8.37. The van der Waals surface area contributed by atoms with Gasteiger partial charge in [0.25, 0.3) is 5.91 Å². The van der Waals surface area contributed by atoms with E-state index < -0.39 is 38.8 Å². The van der Waals surface area contributed by atoms with Gasteiger partial charge in [-0.3, -0.25) is 9.35 Å². The van der Waals surface area contributed by atoms with E-state index >= 15 is 0 Å². The van der Waals surface area contributed by atoms with Crippen molar-refractivity contribution in [3.05, 3.63) is 29.8 Å². The number of nitrogens with zero attached hydrogens (tertiary/aromatic N) is 1. The third-order valence-electron chi connectivity index (χ3n) is 2.80. The highest BCUT2D eigenvalue weighted by Crippen LogP contribution is 2.17. The number of β-lactam (4-membered cyclic amide) rings is 1. The number of sulfonamides is 1. The van der Waals surface area contributed by atoms with Crippen LogP contribution in [0.25, 0.3) is 0 Å². The molecule has 0 radical (unpaired) electrons. The van der Waals surface area contributed by atoms with Crippen LogP contribution in [0.2, 0.25) is 0 Å².